The monoisotopic (exact) mass is 289 g/mol. The minimum absolute atomic E-state index is 0.701. The molecule has 2 rings (SSSR count). The van der Waals surface area contributed by atoms with E-state index in [1.54, 1.807) is 6.20 Å². The van der Waals surface area contributed by atoms with E-state index in [2.05, 4.69) is 46.4 Å². The second-order valence-electron chi connectivity index (χ2n) is 4.95. The van der Waals surface area contributed by atoms with Gasteiger partial charge in [0.25, 0.3) is 0 Å². The molecule has 1 aromatic carbocycles. The molecule has 0 atom stereocenters. The van der Waals surface area contributed by atoms with E-state index >= 15 is 0 Å². The summed E-state index contributed by atoms with van der Waals surface area (Å²) < 4.78 is 0. The largest absolute Gasteiger partial charge is 0.355 e. The molecule has 0 amide bonds. The van der Waals surface area contributed by atoms with Crippen molar-refractivity contribution in [2.24, 2.45) is 0 Å². The third-order valence-electron chi connectivity index (χ3n) is 3.35. The molecule has 4 heteroatoms. The van der Waals surface area contributed by atoms with Crippen LogP contribution >= 0.6 is 11.6 Å². The quantitative estimate of drug-likeness (QED) is 0.914. The first-order valence-corrected chi connectivity index (χ1v) is 7.04. The number of halogens is 1. The van der Waals surface area contributed by atoms with Crippen LogP contribution in [0.5, 0.6) is 0 Å². The normalized spacial score (nSPS) is 10.6. The van der Waals surface area contributed by atoms with Gasteiger partial charge < -0.3 is 10.2 Å². The number of rotatable bonds is 5. The average Bonchev–Trinajstić information content (AvgIpc) is 2.44. The second kappa shape index (κ2) is 6.73. The van der Waals surface area contributed by atoms with E-state index < -0.39 is 0 Å². The molecule has 0 fully saturated rings. The van der Waals surface area contributed by atoms with Gasteiger partial charge in [0.15, 0.2) is 0 Å². The highest BCUT2D eigenvalue weighted by Gasteiger charge is 2.08. The molecular formula is C16H20ClN3. The van der Waals surface area contributed by atoms with Crippen molar-refractivity contribution in [3.8, 4) is 0 Å². The van der Waals surface area contributed by atoms with E-state index in [9.17, 15) is 0 Å². The zero-order chi connectivity index (χ0) is 14.5. The molecular weight excluding hydrogens is 270 g/mol. The average molecular weight is 290 g/mol. The number of aryl methyl sites for hydroxylation is 1. The fraction of sp³-hybridized carbons (Fsp3) is 0.312. The molecule has 20 heavy (non-hydrogen) atoms. The highest BCUT2D eigenvalue weighted by Crippen LogP contribution is 2.21. The summed E-state index contributed by atoms with van der Waals surface area (Å²) in [4.78, 5) is 6.55. The summed E-state index contributed by atoms with van der Waals surface area (Å²) in [6.45, 7) is 3.71. The Morgan fingerprint density at radius 2 is 2.00 bits per heavy atom. The Morgan fingerprint density at radius 3 is 2.70 bits per heavy atom. The van der Waals surface area contributed by atoms with Gasteiger partial charge in [0, 0.05) is 26.3 Å². The van der Waals surface area contributed by atoms with Crippen molar-refractivity contribution >= 4 is 17.4 Å². The van der Waals surface area contributed by atoms with Gasteiger partial charge >= 0.3 is 0 Å². The van der Waals surface area contributed by atoms with Crippen molar-refractivity contribution in [2.45, 2.75) is 20.0 Å². The topological polar surface area (TPSA) is 28.2 Å². The van der Waals surface area contributed by atoms with E-state index in [4.69, 9.17) is 11.6 Å². The maximum Gasteiger partial charge on any atom is 0.128 e. The first-order valence-electron chi connectivity index (χ1n) is 6.66. The lowest BCUT2D eigenvalue weighted by molar-refractivity contribution is 0.811. The Bertz CT molecular complexity index is 584. The molecule has 1 aromatic heterocycles. The Morgan fingerprint density at radius 1 is 1.25 bits per heavy atom. The zero-order valence-corrected chi connectivity index (χ0v) is 12.9. The van der Waals surface area contributed by atoms with Gasteiger partial charge in [0.1, 0.15) is 5.82 Å². The van der Waals surface area contributed by atoms with Crippen molar-refractivity contribution in [3.63, 3.8) is 0 Å². The standard InChI is InChI=1S/C16H20ClN3/c1-12-6-4-5-7-13(12)11-20(3)16-8-14(9-18-2)15(17)10-19-16/h4-8,10,18H,9,11H2,1-3H3. The van der Waals surface area contributed by atoms with Crippen molar-refractivity contribution < 1.29 is 0 Å². The first kappa shape index (κ1) is 14.8. The van der Waals surface area contributed by atoms with Crippen LogP contribution in [-0.4, -0.2) is 19.1 Å². The second-order valence-corrected chi connectivity index (χ2v) is 5.35. The number of benzene rings is 1. The van der Waals surface area contributed by atoms with Gasteiger partial charge in [-0.15, -0.1) is 0 Å². The predicted molar refractivity (Wildman–Crippen MR) is 85.3 cm³/mol. The Labute approximate surface area is 125 Å². The molecule has 1 heterocycles. The van der Waals surface area contributed by atoms with E-state index in [-0.39, 0.29) is 0 Å². The lowest BCUT2D eigenvalue weighted by atomic mass is 10.1. The molecule has 106 valence electrons. The smallest absolute Gasteiger partial charge is 0.128 e. The molecule has 0 spiro atoms. The minimum atomic E-state index is 0.701. The summed E-state index contributed by atoms with van der Waals surface area (Å²) in [5.74, 6) is 0.933. The number of hydrogen-bond donors (Lipinski definition) is 1. The predicted octanol–water partition coefficient (Wildman–Crippen LogP) is 3.40. The lowest BCUT2D eigenvalue weighted by Gasteiger charge is -2.20. The van der Waals surface area contributed by atoms with Gasteiger partial charge in [-0.1, -0.05) is 35.9 Å². The molecule has 0 radical (unpaired) electrons. The maximum atomic E-state index is 6.14. The van der Waals surface area contributed by atoms with Gasteiger partial charge in [-0.25, -0.2) is 4.98 Å². The van der Waals surface area contributed by atoms with E-state index in [0.29, 0.717) is 5.02 Å². The number of anilines is 1. The van der Waals surface area contributed by atoms with Crippen molar-refractivity contribution in [1.82, 2.24) is 10.3 Å². The third-order valence-corrected chi connectivity index (χ3v) is 3.69. The summed E-state index contributed by atoms with van der Waals surface area (Å²) in [5, 5.41) is 3.82. The van der Waals surface area contributed by atoms with Gasteiger partial charge in [0.05, 0.1) is 5.02 Å². The van der Waals surface area contributed by atoms with Crippen molar-refractivity contribution in [3.05, 3.63) is 58.2 Å². The fourth-order valence-electron chi connectivity index (χ4n) is 2.13. The van der Waals surface area contributed by atoms with Gasteiger partial charge in [-0.05, 0) is 36.7 Å². The molecule has 0 saturated heterocycles. The Kier molecular flexibility index (Phi) is 4.99. The number of aromatic nitrogens is 1. The van der Waals surface area contributed by atoms with Crippen LogP contribution in [0.3, 0.4) is 0 Å². The molecule has 0 aliphatic carbocycles. The summed E-state index contributed by atoms with van der Waals surface area (Å²) >= 11 is 6.14. The van der Waals surface area contributed by atoms with Crippen LogP contribution in [0.2, 0.25) is 5.02 Å². The molecule has 0 unspecified atom stereocenters. The van der Waals surface area contributed by atoms with Crippen LogP contribution in [0.1, 0.15) is 16.7 Å². The number of pyridine rings is 1. The fourth-order valence-corrected chi connectivity index (χ4v) is 2.30. The van der Waals surface area contributed by atoms with Crippen molar-refractivity contribution in [2.75, 3.05) is 19.0 Å². The van der Waals surface area contributed by atoms with Crippen LogP contribution in [0.15, 0.2) is 36.5 Å². The van der Waals surface area contributed by atoms with Gasteiger partial charge in [-0.2, -0.15) is 0 Å². The molecule has 0 aliphatic heterocycles. The third kappa shape index (κ3) is 3.50. The van der Waals surface area contributed by atoms with E-state index in [1.165, 1.54) is 11.1 Å². The Hall–Kier alpha value is -1.58. The SMILES string of the molecule is CNCc1cc(N(C)Cc2ccccc2C)ncc1Cl. The number of nitrogens with one attached hydrogen (secondary N) is 1. The molecule has 0 bridgehead atoms. The summed E-state index contributed by atoms with van der Waals surface area (Å²) in [6, 6.07) is 10.4. The zero-order valence-electron chi connectivity index (χ0n) is 12.2. The molecule has 2 aromatic rings. The van der Waals surface area contributed by atoms with Crippen molar-refractivity contribution in [1.29, 1.82) is 0 Å². The first-order chi connectivity index (χ1) is 9.61. The molecule has 0 aliphatic rings. The summed E-state index contributed by atoms with van der Waals surface area (Å²) in [5.41, 5.74) is 3.67. The summed E-state index contributed by atoms with van der Waals surface area (Å²) in [6.07, 6.45) is 1.72. The maximum absolute atomic E-state index is 6.14. The van der Waals surface area contributed by atoms with Crippen LogP contribution in [-0.2, 0) is 13.1 Å². The number of nitrogens with zero attached hydrogens (tertiary/aromatic N) is 2. The van der Waals surface area contributed by atoms with E-state index in [0.717, 1.165) is 24.5 Å². The molecule has 1 N–H and O–H groups in total. The van der Waals surface area contributed by atoms with Gasteiger partial charge in [-0.3, -0.25) is 0 Å². The molecule has 0 saturated carbocycles. The van der Waals surface area contributed by atoms with Crippen LogP contribution in [0.25, 0.3) is 0 Å². The van der Waals surface area contributed by atoms with Crippen LogP contribution < -0.4 is 10.2 Å². The number of hydrogen-bond acceptors (Lipinski definition) is 3. The lowest BCUT2D eigenvalue weighted by Crippen LogP contribution is -2.19. The van der Waals surface area contributed by atoms with E-state index in [1.807, 2.05) is 20.2 Å². The highest BCUT2D eigenvalue weighted by atomic mass is 35.5. The minimum Gasteiger partial charge on any atom is -0.355 e. The summed E-state index contributed by atoms with van der Waals surface area (Å²) in [7, 11) is 3.96. The molecule has 3 nitrogen and oxygen atoms in total. The highest BCUT2D eigenvalue weighted by molar-refractivity contribution is 6.31. The van der Waals surface area contributed by atoms with Crippen LogP contribution in [0.4, 0.5) is 5.82 Å². The van der Waals surface area contributed by atoms with Crippen LogP contribution in [0, 0.1) is 6.92 Å². The Balaban J connectivity index is 2.19. The van der Waals surface area contributed by atoms with Gasteiger partial charge in [0.2, 0.25) is 0 Å².